The van der Waals surface area contributed by atoms with Crippen LogP contribution >= 0.6 is 0 Å². The third-order valence-corrected chi connectivity index (χ3v) is 2.79. The first kappa shape index (κ1) is 14.0. The van der Waals surface area contributed by atoms with Crippen LogP contribution in [-0.4, -0.2) is 12.1 Å². The summed E-state index contributed by atoms with van der Waals surface area (Å²) in [5.74, 6) is 1.75. The molecular formula is C13H29N. The molecule has 0 aromatic rings. The molecule has 0 radical (unpaired) electrons. The maximum atomic E-state index is 3.54. The Hall–Kier alpha value is -0.0400. The zero-order valence-electron chi connectivity index (χ0n) is 11.0. The Balaban J connectivity index is 3.49. The molecule has 0 fully saturated rings. The van der Waals surface area contributed by atoms with Crippen LogP contribution in [0.1, 0.15) is 60.8 Å². The normalized spacial score (nSPS) is 16.7. The SMILES string of the molecule is CCC(C)CC(C)CCNC(C)(C)C. The molecule has 14 heavy (non-hydrogen) atoms. The lowest BCUT2D eigenvalue weighted by atomic mass is 9.93. The van der Waals surface area contributed by atoms with Gasteiger partial charge in [0.1, 0.15) is 0 Å². The zero-order valence-corrected chi connectivity index (χ0v) is 11.0. The van der Waals surface area contributed by atoms with E-state index in [1.165, 1.54) is 19.3 Å². The van der Waals surface area contributed by atoms with Crippen molar-refractivity contribution in [1.82, 2.24) is 5.32 Å². The highest BCUT2D eigenvalue weighted by Crippen LogP contribution is 2.17. The van der Waals surface area contributed by atoms with Crippen LogP contribution in [0.4, 0.5) is 0 Å². The Kier molecular flexibility index (Phi) is 6.43. The van der Waals surface area contributed by atoms with E-state index >= 15 is 0 Å². The number of hydrogen-bond acceptors (Lipinski definition) is 1. The first-order valence-corrected chi connectivity index (χ1v) is 6.10. The van der Waals surface area contributed by atoms with Crippen LogP contribution in [0.3, 0.4) is 0 Å². The molecule has 0 heterocycles. The van der Waals surface area contributed by atoms with Gasteiger partial charge in [-0.2, -0.15) is 0 Å². The molecule has 0 aromatic heterocycles. The molecule has 86 valence electrons. The summed E-state index contributed by atoms with van der Waals surface area (Å²) in [6, 6.07) is 0. The van der Waals surface area contributed by atoms with Crippen LogP contribution < -0.4 is 5.32 Å². The molecular weight excluding hydrogens is 170 g/mol. The highest BCUT2D eigenvalue weighted by Gasteiger charge is 2.10. The van der Waals surface area contributed by atoms with Crippen molar-refractivity contribution in [2.45, 2.75) is 66.3 Å². The van der Waals surface area contributed by atoms with E-state index < -0.39 is 0 Å². The molecule has 0 bridgehead atoms. The second-order valence-electron chi connectivity index (χ2n) is 5.82. The summed E-state index contributed by atoms with van der Waals surface area (Å²) >= 11 is 0. The predicted molar refractivity (Wildman–Crippen MR) is 65.6 cm³/mol. The first-order chi connectivity index (χ1) is 6.35. The van der Waals surface area contributed by atoms with Crippen LogP contribution in [0.15, 0.2) is 0 Å². The van der Waals surface area contributed by atoms with E-state index in [1.807, 2.05) is 0 Å². The summed E-state index contributed by atoms with van der Waals surface area (Å²) in [5, 5.41) is 3.54. The lowest BCUT2D eigenvalue weighted by molar-refractivity contribution is 0.351. The molecule has 1 nitrogen and oxygen atoms in total. The maximum absolute atomic E-state index is 3.54. The fourth-order valence-corrected chi connectivity index (χ4v) is 1.66. The molecule has 1 N–H and O–H groups in total. The number of rotatable bonds is 6. The molecule has 0 amide bonds. The molecule has 0 rings (SSSR count). The summed E-state index contributed by atoms with van der Waals surface area (Å²) in [5.41, 5.74) is 0.274. The maximum Gasteiger partial charge on any atom is 0.00965 e. The van der Waals surface area contributed by atoms with E-state index in [2.05, 4.69) is 46.9 Å². The van der Waals surface area contributed by atoms with Crippen LogP contribution in [0.5, 0.6) is 0 Å². The van der Waals surface area contributed by atoms with Crippen LogP contribution in [0.25, 0.3) is 0 Å². The molecule has 0 saturated heterocycles. The molecule has 0 aliphatic heterocycles. The average Bonchev–Trinajstić information content (AvgIpc) is 2.01. The predicted octanol–water partition coefficient (Wildman–Crippen LogP) is 3.84. The van der Waals surface area contributed by atoms with Gasteiger partial charge in [0.05, 0.1) is 0 Å². The third-order valence-electron chi connectivity index (χ3n) is 2.79. The van der Waals surface area contributed by atoms with Gasteiger partial charge in [-0.05, 0) is 52.0 Å². The molecule has 0 aliphatic carbocycles. The van der Waals surface area contributed by atoms with E-state index in [4.69, 9.17) is 0 Å². The van der Waals surface area contributed by atoms with Gasteiger partial charge in [0, 0.05) is 5.54 Å². The Labute approximate surface area is 90.7 Å². The van der Waals surface area contributed by atoms with Crippen molar-refractivity contribution < 1.29 is 0 Å². The highest BCUT2D eigenvalue weighted by molar-refractivity contribution is 4.71. The molecule has 0 aromatic carbocycles. The third kappa shape index (κ3) is 8.55. The van der Waals surface area contributed by atoms with Crippen LogP contribution in [0, 0.1) is 11.8 Å². The topological polar surface area (TPSA) is 12.0 Å². The van der Waals surface area contributed by atoms with Crippen LogP contribution in [0.2, 0.25) is 0 Å². The van der Waals surface area contributed by atoms with Crippen LogP contribution in [-0.2, 0) is 0 Å². The quantitative estimate of drug-likeness (QED) is 0.685. The van der Waals surface area contributed by atoms with Gasteiger partial charge in [0.15, 0.2) is 0 Å². The fourth-order valence-electron chi connectivity index (χ4n) is 1.66. The summed E-state index contributed by atoms with van der Waals surface area (Å²) in [4.78, 5) is 0. The smallest absolute Gasteiger partial charge is 0.00965 e. The Morgan fingerprint density at radius 2 is 1.64 bits per heavy atom. The lowest BCUT2D eigenvalue weighted by Gasteiger charge is -2.22. The second-order valence-corrected chi connectivity index (χ2v) is 5.82. The second kappa shape index (κ2) is 6.44. The average molecular weight is 199 g/mol. The minimum atomic E-state index is 0.274. The van der Waals surface area contributed by atoms with Gasteiger partial charge in [-0.25, -0.2) is 0 Å². The van der Waals surface area contributed by atoms with Crippen molar-refractivity contribution in [1.29, 1.82) is 0 Å². The summed E-state index contributed by atoms with van der Waals surface area (Å²) in [6.45, 7) is 14.8. The molecule has 0 aliphatic rings. The van der Waals surface area contributed by atoms with Gasteiger partial charge in [0.25, 0.3) is 0 Å². The minimum absolute atomic E-state index is 0.274. The van der Waals surface area contributed by atoms with Crippen molar-refractivity contribution in [3.8, 4) is 0 Å². The van der Waals surface area contributed by atoms with E-state index in [1.54, 1.807) is 0 Å². The van der Waals surface area contributed by atoms with Crippen molar-refractivity contribution >= 4 is 0 Å². The number of hydrogen-bond donors (Lipinski definition) is 1. The van der Waals surface area contributed by atoms with Gasteiger partial charge in [-0.1, -0.05) is 27.2 Å². The first-order valence-electron chi connectivity index (χ1n) is 6.10. The van der Waals surface area contributed by atoms with Crippen molar-refractivity contribution in [2.24, 2.45) is 11.8 Å². The largest absolute Gasteiger partial charge is 0.312 e. The molecule has 2 atom stereocenters. The van der Waals surface area contributed by atoms with E-state index in [0.29, 0.717) is 0 Å². The van der Waals surface area contributed by atoms with Gasteiger partial charge in [-0.15, -0.1) is 0 Å². The monoisotopic (exact) mass is 199 g/mol. The highest BCUT2D eigenvalue weighted by atomic mass is 14.9. The van der Waals surface area contributed by atoms with Crippen molar-refractivity contribution in [3.63, 3.8) is 0 Å². The number of nitrogens with one attached hydrogen (secondary N) is 1. The molecule has 0 spiro atoms. The van der Waals surface area contributed by atoms with E-state index in [-0.39, 0.29) is 5.54 Å². The fraction of sp³-hybridized carbons (Fsp3) is 1.00. The Morgan fingerprint density at radius 3 is 2.07 bits per heavy atom. The minimum Gasteiger partial charge on any atom is -0.312 e. The van der Waals surface area contributed by atoms with Gasteiger partial charge in [0.2, 0.25) is 0 Å². The zero-order chi connectivity index (χ0) is 11.2. The Bertz CT molecular complexity index is 135. The standard InChI is InChI=1S/C13H29N/c1-7-11(2)10-12(3)8-9-14-13(4,5)6/h11-12,14H,7-10H2,1-6H3. The van der Waals surface area contributed by atoms with Gasteiger partial charge >= 0.3 is 0 Å². The lowest BCUT2D eigenvalue weighted by Crippen LogP contribution is -2.36. The molecule has 2 unspecified atom stereocenters. The van der Waals surface area contributed by atoms with Crippen molar-refractivity contribution in [2.75, 3.05) is 6.54 Å². The Morgan fingerprint density at radius 1 is 1.07 bits per heavy atom. The van der Waals surface area contributed by atoms with E-state index in [9.17, 15) is 0 Å². The summed E-state index contributed by atoms with van der Waals surface area (Å²) < 4.78 is 0. The molecule has 1 heteroatoms. The molecule has 0 saturated carbocycles. The van der Waals surface area contributed by atoms with Gasteiger partial charge in [-0.3, -0.25) is 0 Å². The summed E-state index contributed by atoms with van der Waals surface area (Å²) in [6.07, 6.45) is 4.00. The van der Waals surface area contributed by atoms with Gasteiger partial charge < -0.3 is 5.32 Å². The van der Waals surface area contributed by atoms with Crippen molar-refractivity contribution in [3.05, 3.63) is 0 Å². The van der Waals surface area contributed by atoms with E-state index in [0.717, 1.165) is 18.4 Å². The summed E-state index contributed by atoms with van der Waals surface area (Å²) in [7, 11) is 0.